The molecule has 2 aromatic rings. The lowest BCUT2D eigenvalue weighted by Crippen LogP contribution is -2.25. The highest BCUT2D eigenvalue weighted by molar-refractivity contribution is 7.89. The van der Waals surface area contributed by atoms with Crippen LogP contribution >= 0.6 is 0 Å². The van der Waals surface area contributed by atoms with Gasteiger partial charge in [0.25, 0.3) is 5.91 Å². The molecule has 0 heterocycles. The fraction of sp³-hybridized carbons (Fsp3) is 0.300. The minimum Gasteiger partial charge on any atom is -0.348 e. The number of sulfonamides is 1. The van der Waals surface area contributed by atoms with Crippen LogP contribution in [0, 0.1) is 32.1 Å². The number of rotatable bonds is 7. The molecule has 0 aliphatic rings. The Hall–Kier alpha value is -2.69. The number of amides is 1. The summed E-state index contributed by atoms with van der Waals surface area (Å²) < 4.78 is 26.5. The molecule has 2 N–H and O–H groups in total. The zero-order chi connectivity index (χ0) is 20.0. The van der Waals surface area contributed by atoms with Gasteiger partial charge in [0.05, 0.1) is 11.0 Å². The van der Waals surface area contributed by atoms with Gasteiger partial charge in [-0.15, -0.1) is 0 Å². The van der Waals surface area contributed by atoms with E-state index in [-0.39, 0.29) is 23.8 Å². The molecule has 7 heteroatoms. The van der Waals surface area contributed by atoms with Gasteiger partial charge in [0.15, 0.2) is 0 Å². The maximum absolute atomic E-state index is 12.4. The molecule has 0 unspecified atom stereocenters. The van der Waals surface area contributed by atoms with E-state index >= 15 is 0 Å². The van der Waals surface area contributed by atoms with Crippen LogP contribution in [0.2, 0.25) is 0 Å². The predicted octanol–water partition coefficient (Wildman–Crippen LogP) is 2.73. The number of hydrogen-bond donors (Lipinski definition) is 2. The van der Waals surface area contributed by atoms with Gasteiger partial charge in [-0.05, 0) is 61.7 Å². The molecule has 6 nitrogen and oxygen atoms in total. The number of nitrogens with one attached hydrogen (secondary N) is 2. The van der Waals surface area contributed by atoms with Gasteiger partial charge in [-0.25, -0.2) is 13.1 Å². The van der Waals surface area contributed by atoms with Gasteiger partial charge >= 0.3 is 0 Å². The second-order valence-corrected chi connectivity index (χ2v) is 8.16. The maximum atomic E-state index is 12.4. The van der Waals surface area contributed by atoms with E-state index in [4.69, 9.17) is 5.26 Å². The number of benzene rings is 2. The first-order chi connectivity index (χ1) is 12.7. The summed E-state index contributed by atoms with van der Waals surface area (Å²) in [4.78, 5) is 12.4. The van der Waals surface area contributed by atoms with Crippen molar-refractivity contribution < 1.29 is 13.2 Å². The standard InChI is InChI=1S/C20H23N3O3S/c1-14-11-15(2)19(16(3)12-14)13-22-20(24)17-5-7-18(8-6-17)27(25,26)23-10-4-9-21/h5-8,11-12,23H,4,10,13H2,1-3H3,(H,22,24). The molecule has 0 radical (unpaired) electrons. The summed E-state index contributed by atoms with van der Waals surface area (Å²) >= 11 is 0. The second kappa shape index (κ2) is 8.80. The summed E-state index contributed by atoms with van der Waals surface area (Å²) in [6.45, 7) is 6.52. The molecule has 27 heavy (non-hydrogen) atoms. The van der Waals surface area contributed by atoms with Crippen LogP contribution in [-0.4, -0.2) is 20.9 Å². The molecule has 0 atom stereocenters. The summed E-state index contributed by atoms with van der Waals surface area (Å²) in [6.07, 6.45) is 0.0948. The third-order valence-electron chi connectivity index (χ3n) is 4.22. The van der Waals surface area contributed by atoms with E-state index in [0.717, 1.165) is 16.7 Å². The van der Waals surface area contributed by atoms with Gasteiger partial charge < -0.3 is 5.32 Å². The Morgan fingerprint density at radius 1 is 1.07 bits per heavy atom. The van der Waals surface area contributed by atoms with Gasteiger partial charge in [0.2, 0.25) is 10.0 Å². The van der Waals surface area contributed by atoms with Crippen LogP contribution in [0.1, 0.15) is 39.0 Å². The van der Waals surface area contributed by atoms with Gasteiger partial charge in [-0.1, -0.05) is 17.7 Å². The van der Waals surface area contributed by atoms with E-state index in [2.05, 4.69) is 22.2 Å². The van der Waals surface area contributed by atoms with Crippen molar-refractivity contribution >= 4 is 15.9 Å². The zero-order valence-electron chi connectivity index (χ0n) is 15.7. The fourth-order valence-electron chi connectivity index (χ4n) is 2.87. The quantitative estimate of drug-likeness (QED) is 0.716. The van der Waals surface area contributed by atoms with Crippen LogP contribution < -0.4 is 10.0 Å². The van der Waals surface area contributed by atoms with Crippen molar-refractivity contribution in [1.82, 2.24) is 10.0 Å². The van der Waals surface area contributed by atoms with E-state index in [1.807, 2.05) is 26.8 Å². The SMILES string of the molecule is Cc1cc(C)c(CNC(=O)c2ccc(S(=O)(=O)NCCC#N)cc2)c(C)c1. The average Bonchev–Trinajstić information content (AvgIpc) is 2.61. The molecule has 142 valence electrons. The molecule has 0 aliphatic heterocycles. The van der Waals surface area contributed by atoms with Gasteiger partial charge in [-0.3, -0.25) is 4.79 Å². The second-order valence-electron chi connectivity index (χ2n) is 6.39. The molecule has 0 aromatic heterocycles. The summed E-state index contributed by atoms with van der Waals surface area (Å²) in [5.41, 5.74) is 4.89. The third-order valence-corrected chi connectivity index (χ3v) is 5.70. The summed E-state index contributed by atoms with van der Waals surface area (Å²) in [6, 6.07) is 11.7. The molecule has 0 saturated heterocycles. The maximum Gasteiger partial charge on any atom is 0.251 e. The van der Waals surface area contributed by atoms with Crippen LogP contribution in [0.4, 0.5) is 0 Å². The molecule has 0 fully saturated rings. The Morgan fingerprint density at radius 3 is 2.22 bits per heavy atom. The average molecular weight is 385 g/mol. The topological polar surface area (TPSA) is 99.1 Å². The normalized spacial score (nSPS) is 11.0. The summed E-state index contributed by atoms with van der Waals surface area (Å²) in [7, 11) is -3.68. The monoisotopic (exact) mass is 385 g/mol. The van der Waals surface area contributed by atoms with Crippen LogP contribution in [0.5, 0.6) is 0 Å². The third kappa shape index (κ3) is 5.39. The molecule has 2 aromatic carbocycles. The van der Waals surface area contributed by atoms with Gasteiger partial charge in [0, 0.05) is 25.1 Å². The molecule has 0 spiro atoms. The lowest BCUT2D eigenvalue weighted by atomic mass is 10.00. The largest absolute Gasteiger partial charge is 0.348 e. The van der Waals surface area contributed by atoms with Crippen LogP contribution in [0.3, 0.4) is 0 Å². The molecule has 0 bridgehead atoms. The first kappa shape index (κ1) is 20.6. The van der Waals surface area contributed by atoms with E-state index < -0.39 is 10.0 Å². The van der Waals surface area contributed by atoms with E-state index in [0.29, 0.717) is 12.1 Å². The van der Waals surface area contributed by atoms with Crippen molar-refractivity contribution in [3.8, 4) is 6.07 Å². The minimum absolute atomic E-state index is 0.0519. The number of carbonyl (C=O) groups is 1. The van der Waals surface area contributed by atoms with Gasteiger partial charge in [0.1, 0.15) is 0 Å². The summed E-state index contributed by atoms with van der Waals surface area (Å²) in [5.74, 6) is -0.268. The Bertz CT molecular complexity index is 952. The van der Waals surface area contributed by atoms with Crippen LogP contribution in [0.15, 0.2) is 41.3 Å². The predicted molar refractivity (Wildman–Crippen MR) is 104 cm³/mol. The first-order valence-corrected chi connectivity index (χ1v) is 10.0. The Labute approximate surface area is 160 Å². The minimum atomic E-state index is -3.68. The van der Waals surface area contributed by atoms with E-state index in [1.165, 1.54) is 29.8 Å². The lowest BCUT2D eigenvalue weighted by molar-refractivity contribution is 0.0950. The van der Waals surface area contributed by atoms with Crippen molar-refractivity contribution in [2.75, 3.05) is 6.54 Å². The first-order valence-electron chi connectivity index (χ1n) is 8.56. The van der Waals surface area contributed by atoms with Crippen molar-refractivity contribution in [1.29, 1.82) is 5.26 Å². The number of carbonyl (C=O) groups excluding carboxylic acids is 1. The molecular formula is C20H23N3O3S. The Kier molecular flexibility index (Phi) is 6.72. The Morgan fingerprint density at radius 2 is 1.67 bits per heavy atom. The number of nitriles is 1. The van der Waals surface area contributed by atoms with Gasteiger partial charge in [-0.2, -0.15) is 5.26 Å². The highest BCUT2D eigenvalue weighted by Gasteiger charge is 2.14. The molecule has 2 rings (SSSR count). The van der Waals surface area contributed by atoms with E-state index in [9.17, 15) is 13.2 Å². The van der Waals surface area contributed by atoms with E-state index in [1.54, 1.807) is 0 Å². The number of nitrogens with zero attached hydrogens (tertiary/aromatic N) is 1. The highest BCUT2D eigenvalue weighted by atomic mass is 32.2. The van der Waals surface area contributed by atoms with Crippen molar-refractivity contribution in [2.24, 2.45) is 0 Å². The smallest absolute Gasteiger partial charge is 0.251 e. The molecule has 0 aliphatic carbocycles. The number of hydrogen-bond acceptors (Lipinski definition) is 4. The van der Waals surface area contributed by atoms with Crippen molar-refractivity contribution in [2.45, 2.75) is 38.6 Å². The Balaban J connectivity index is 2.05. The number of aryl methyl sites for hydroxylation is 3. The fourth-order valence-corrected chi connectivity index (χ4v) is 3.90. The van der Waals surface area contributed by atoms with Crippen molar-refractivity contribution in [3.05, 3.63) is 64.2 Å². The lowest BCUT2D eigenvalue weighted by Gasteiger charge is -2.13. The van der Waals surface area contributed by atoms with Crippen molar-refractivity contribution in [3.63, 3.8) is 0 Å². The molecule has 0 saturated carbocycles. The molecular weight excluding hydrogens is 362 g/mol. The van der Waals surface area contributed by atoms with Crippen LogP contribution in [0.25, 0.3) is 0 Å². The van der Waals surface area contributed by atoms with Crippen LogP contribution in [-0.2, 0) is 16.6 Å². The zero-order valence-corrected chi connectivity index (χ0v) is 16.5. The highest BCUT2D eigenvalue weighted by Crippen LogP contribution is 2.16. The summed E-state index contributed by atoms with van der Waals surface area (Å²) in [5, 5.41) is 11.4. The molecule has 1 amide bonds.